The molecule has 23 heavy (non-hydrogen) atoms. The Hall–Kier alpha value is -1.47. The molecule has 2 saturated heterocycles. The second kappa shape index (κ2) is 6.57. The van der Waals surface area contributed by atoms with Crippen molar-refractivity contribution in [1.82, 2.24) is 5.06 Å². The Kier molecular flexibility index (Phi) is 4.68. The molecule has 0 saturated carbocycles. The van der Waals surface area contributed by atoms with Gasteiger partial charge in [-0.3, -0.25) is 4.84 Å². The third-order valence-corrected chi connectivity index (χ3v) is 4.19. The fourth-order valence-corrected chi connectivity index (χ4v) is 3.05. The Morgan fingerprint density at radius 2 is 2.09 bits per heavy atom. The molecule has 2 fully saturated rings. The van der Waals surface area contributed by atoms with Gasteiger partial charge in [0.15, 0.2) is 11.9 Å². The number of esters is 1. The average Bonchev–Trinajstić information content (AvgIpc) is 3.11. The first-order valence-electron chi connectivity index (χ1n) is 7.85. The maximum absolute atomic E-state index is 11.9. The first kappa shape index (κ1) is 16.4. The van der Waals surface area contributed by atoms with Gasteiger partial charge in [0.1, 0.15) is 6.10 Å². The molecule has 0 aromatic heterocycles. The smallest absolute Gasteiger partial charge is 0.337 e. The van der Waals surface area contributed by atoms with Crippen LogP contribution in [0.3, 0.4) is 0 Å². The quantitative estimate of drug-likeness (QED) is 0.789. The van der Waals surface area contributed by atoms with Gasteiger partial charge in [-0.1, -0.05) is 30.3 Å². The molecule has 126 valence electrons. The molecule has 2 heterocycles. The highest BCUT2D eigenvalue weighted by atomic mass is 16.8. The fraction of sp³-hybridized carbons (Fsp3) is 0.588. The highest BCUT2D eigenvalue weighted by molar-refractivity contribution is 5.74. The fourth-order valence-electron chi connectivity index (χ4n) is 3.05. The molecule has 1 aromatic carbocycles. The molecule has 6 heteroatoms. The predicted molar refractivity (Wildman–Crippen MR) is 82.2 cm³/mol. The van der Waals surface area contributed by atoms with E-state index in [1.807, 2.05) is 49.2 Å². The lowest BCUT2D eigenvalue weighted by Crippen LogP contribution is -2.40. The van der Waals surface area contributed by atoms with Crippen LogP contribution in [0.1, 0.15) is 25.8 Å². The second-order valence-electron chi connectivity index (χ2n) is 6.35. The zero-order chi connectivity index (χ0) is 16.4. The maximum Gasteiger partial charge on any atom is 0.337 e. The monoisotopic (exact) mass is 321 g/mol. The van der Waals surface area contributed by atoms with Crippen molar-refractivity contribution in [2.24, 2.45) is 0 Å². The van der Waals surface area contributed by atoms with Crippen molar-refractivity contribution < 1.29 is 23.8 Å². The van der Waals surface area contributed by atoms with Crippen LogP contribution >= 0.6 is 0 Å². The number of hydrogen-bond donors (Lipinski definition) is 0. The summed E-state index contributed by atoms with van der Waals surface area (Å²) in [6.45, 7) is 4.85. The van der Waals surface area contributed by atoms with Gasteiger partial charge in [-0.25, -0.2) is 4.79 Å². The average molecular weight is 321 g/mol. The minimum absolute atomic E-state index is 0.0546. The van der Waals surface area contributed by atoms with E-state index in [0.29, 0.717) is 19.6 Å². The molecule has 0 unspecified atom stereocenters. The summed E-state index contributed by atoms with van der Waals surface area (Å²) in [6.07, 6.45) is -0.201. The highest BCUT2D eigenvalue weighted by Crippen LogP contribution is 2.33. The van der Waals surface area contributed by atoms with E-state index in [1.54, 1.807) is 0 Å². The number of ether oxygens (including phenoxy) is 3. The molecule has 3 rings (SSSR count). The summed E-state index contributed by atoms with van der Waals surface area (Å²) in [6, 6.07) is 9.94. The van der Waals surface area contributed by atoms with Gasteiger partial charge in [0.25, 0.3) is 0 Å². The summed E-state index contributed by atoms with van der Waals surface area (Å²) < 4.78 is 16.5. The second-order valence-corrected chi connectivity index (χ2v) is 6.35. The topological polar surface area (TPSA) is 57.2 Å². The Morgan fingerprint density at radius 3 is 2.70 bits per heavy atom. The summed E-state index contributed by atoms with van der Waals surface area (Å²) in [5.41, 5.74) is 1.11. The molecule has 0 radical (unpaired) electrons. The summed E-state index contributed by atoms with van der Waals surface area (Å²) in [5.74, 6) is -0.962. The maximum atomic E-state index is 11.9. The molecule has 1 aromatic rings. The number of rotatable bonds is 4. The van der Waals surface area contributed by atoms with E-state index in [-0.39, 0.29) is 18.1 Å². The van der Waals surface area contributed by atoms with Gasteiger partial charge in [0.2, 0.25) is 0 Å². The number of methoxy groups -OCH3 is 1. The number of hydroxylamine groups is 2. The van der Waals surface area contributed by atoms with Gasteiger partial charge in [-0.2, -0.15) is 5.06 Å². The Balaban J connectivity index is 1.74. The molecule has 0 spiro atoms. The SMILES string of the molecule is COC(=O)[C@@H]1C[C@@H]([C@H]2COC(C)(C)O2)N(Cc2ccccc2)O1. The summed E-state index contributed by atoms with van der Waals surface area (Å²) in [5, 5.41) is 1.83. The van der Waals surface area contributed by atoms with Crippen LogP contribution in [0.2, 0.25) is 0 Å². The van der Waals surface area contributed by atoms with E-state index in [0.717, 1.165) is 5.56 Å². The number of hydrogen-bond acceptors (Lipinski definition) is 6. The van der Waals surface area contributed by atoms with E-state index in [2.05, 4.69) is 0 Å². The van der Waals surface area contributed by atoms with Crippen LogP contribution in [-0.2, 0) is 30.4 Å². The number of nitrogens with zero attached hydrogens (tertiary/aromatic N) is 1. The molecular weight excluding hydrogens is 298 g/mol. The van der Waals surface area contributed by atoms with Crippen LogP contribution in [0, 0.1) is 0 Å². The van der Waals surface area contributed by atoms with Crippen LogP contribution < -0.4 is 0 Å². The first-order valence-corrected chi connectivity index (χ1v) is 7.85. The first-order chi connectivity index (χ1) is 11.0. The third-order valence-electron chi connectivity index (χ3n) is 4.19. The van der Waals surface area contributed by atoms with Gasteiger partial charge < -0.3 is 14.2 Å². The van der Waals surface area contributed by atoms with Gasteiger partial charge in [0, 0.05) is 13.0 Å². The van der Waals surface area contributed by atoms with Crippen molar-refractivity contribution >= 4 is 5.97 Å². The largest absolute Gasteiger partial charge is 0.467 e. The molecule has 0 bridgehead atoms. The Labute approximate surface area is 136 Å². The number of carbonyl (C=O) groups excluding carboxylic acids is 1. The summed E-state index contributed by atoms with van der Waals surface area (Å²) >= 11 is 0. The zero-order valence-electron chi connectivity index (χ0n) is 13.7. The molecule has 2 aliphatic heterocycles. The minimum atomic E-state index is -0.605. The van der Waals surface area contributed by atoms with E-state index >= 15 is 0 Å². The molecular formula is C17H23NO5. The molecule has 6 nitrogen and oxygen atoms in total. The number of benzene rings is 1. The van der Waals surface area contributed by atoms with Gasteiger partial charge in [-0.15, -0.1) is 0 Å². The van der Waals surface area contributed by atoms with Gasteiger partial charge >= 0.3 is 5.97 Å². The third kappa shape index (κ3) is 3.72. The van der Waals surface area contributed by atoms with Crippen molar-refractivity contribution in [2.75, 3.05) is 13.7 Å². The van der Waals surface area contributed by atoms with E-state index < -0.39 is 11.9 Å². The van der Waals surface area contributed by atoms with Crippen molar-refractivity contribution in [2.45, 2.75) is 50.8 Å². The van der Waals surface area contributed by atoms with Gasteiger partial charge in [-0.05, 0) is 19.4 Å². The van der Waals surface area contributed by atoms with Crippen molar-refractivity contribution in [1.29, 1.82) is 0 Å². The molecule has 3 atom stereocenters. The van der Waals surface area contributed by atoms with Crippen LogP contribution in [0.25, 0.3) is 0 Å². The summed E-state index contributed by atoms with van der Waals surface area (Å²) in [7, 11) is 1.37. The summed E-state index contributed by atoms with van der Waals surface area (Å²) in [4.78, 5) is 17.7. The standard InChI is InChI=1S/C17H23NO5/c1-17(2)21-11-15(22-17)13-9-14(16(19)20-3)23-18(13)10-12-7-5-4-6-8-12/h4-8,13-15H,9-11H2,1-3H3/t13-,14-,15+/m0/s1. The van der Waals surface area contributed by atoms with Crippen molar-refractivity contribution in [3.8, 4) is 0 Å². The molecule has 2 aliphatic rings. The van der Waals surface area contributed by atoms with Gasteiger partial charge in [0.05, 0.1) is 19.8 Å². The van der Waals surface area contributed by atoms with Crippen LogP contribution in [0.4, 0.5) is 0 Å². The molecule has 0 amide bonds. The van der Waals surface area contributed by atoms with Crippen LogP contribution in [0.15, 0.2) is 30.3 Å². The zero-order valence-corrected chi connectivity index (χ0v) is 13.7. The minimum Gasteiger partial charge on any atom is -0.467 e. The van der Waals surface area contributed by atoms with E-state index in [4.69, 9.17) is 19.0 Å². The van der Waals surface area contributed by atoms with Crippen LogP contribution in [0.5, 0.6) is 0 Å². The lowest BCUT2D eigenvalue weighted by Gasteiger charge is -2.27. The molecule has 0 aliphatic carbocycles. The van der Waals surface area contributed by atoms with E-state index in [9.17, 15) is 4.79 Å². The molecule has 0 N–H and O–H groups in total. The van der Waals surface area contributed by atoms with Crippen molar-refractivity contribution in [3.63, 3.8) is 0 Å². The lowest BCUT2D eigenvalue weighted by atomic mass is 10.0. The van der Waals surface area contributed by atoms with E-state index in [1.165, 1.54) is 7.11 Å². The predicted octanol–water partition coefficient (Wildman–Crippen LogP) is 1.89. The number of carbonyl (C=O) groups is 1. The Bertz CT molecular complexity index is 547. The lowest BCUT2D eigenvalue weighted by molar-refractivity contribution is -0.205. The van der Waals surface area contributed by atoms with Crippen LogP contribution in [-0.4, -0.2) is 48.8 Å². The van der Waals surface area contributed by atoms with Crippen molar-refractivity contribution in [3.05, 3.63) is 35.9 Å². The Morgan fingerprint density at radius 1 is 1.35 bits per heavy atom. The highest BCUT2D eigenvalue weighted by Gasteiger charge is 2.47. The normalized spacial score (nSPS) is 30.5.